The fourth-order valence-corrected chi connectivity index (χ4v) is 3.25. The van der Waals surface area contributed by atoms with Crippen molar-refractivity contribution in [2.24, 2.45) is 5.92 Å². The second-order valence-electron chi connectivity index (χ2n) is 6.13. The van der Waals surface area contributed by atoms with Crippen molar-refractivity contribution >= 4 is 11.7 Å². The quantitative estimate of drug-likeness (QED) is 0.840. The summed E-state index contributed by atoms with van der Waals surface area (Å²) < 4.78 is 0. The monoisotopic (exact) mass is 288 g/mol. The lowest BCUT2D eigenvalue weighted by Gasteiger charge is -2.29. The average Bonchev–Trinajstić information content (AvgIpc) is 2.49. The molecule has 0 spiro atoms. The summed E-state index contributed by atoms with van der Waals surface area (Å²) in [5, 5.41) is 6.27. The van der Waals surface area contributed by atoms with E-state index in [1.165, 1.54) is 30.4 Å². The molecular formula is C18H28N2O. The summed E-state index contributed by atoms with van der Waals surface area (Å²) in [4.78, 5) is 12.3. The van der Waals surface area contributed by atoms with Crippen LogP contribution in [0.15, 0.2) is 18.2 Å². The van der Waals surface area contributed by atoms with Crippen molar-refractivity contribution < 1.29 is 4.79 Å². The minimum atomic E-state index is -0.0515. The van der Waals surface area contributed by atoms with E-state index in [-0.39, 0.29) is 6.03 Å². The van der Waals surface area contributed by atoms with Gasteiger partial charge in [0.05, 0.1) is 0 Å². The maximum Gasteiger partial charge on any atom is 0.319 e. The molecule has 1 aliphatic carbocycles. The van der Waals surface area contributed by atoms with Crippen molar-refractivity contribution in [1.82, 2.24) is 5.32 Å². The Hall–Kier alpha value is -1.51. The normalized spacial score (nSPS) is 21.9. The molecule has 3 heteroatoms. The number of para-hydroxylation sites is 1. The van der Waals surface area contributed by atoms with Crippen LogP contribution in [0.5, 0.6) is 0 Å². The van der Waals surface area contributed by atoms with Gasteiger partial charge in [-0.3, -0.25) is 0 Å². The zero-order chi connectivity index (χ0) is 15.2. The summed E-state index contributed by atoms with van der Waals surface area (Å²) in [6.07, 6.45) is 6.70. The molecule has 1 fully saturated rings. The number of hydrogen-bond acceptors (Lipinski definition) is 1. The first-order valence-electron chi connectivity index (χ1n) is 8.34. The summed E-state index contributed by atoms with van der Waals surface area (Å²) in [6.45, 7) is 6.49. The van der Waals surface area contributed by atoms with Gasteiger partial charge in [0.2, 0.25) is 0 Å². The SMILES string of the molecule is CCc1cccc(CC)c1NC(=O)NC1CCCCC1C. The van der Waals surface area contributed by atoms with Gasteiger partial charge in [0.25, 0.3) is 0 Å². The van der Waals surface area contributed by atoms with Crippen LogP contribution < -0.4 is 10.6 Å². The molecular weight excluding hydrogens is 260 g/mol. The molecule has 1 aromatic rings. The van der Waals surface area contributed by atoms with Crippen molar-refractivity contribution in [1.29, 1.82) is 0 Å². The number of benzene rings is 1. The van der Waals surface area contributed by atoms with Gasteiger partial charge in [0.1, 0.15) is 0 Å². The molecule has 1 aromatic carbocycles. The molecule has 0 aliphatic heterocycles. The van der Waals surface area contributed by atoms with Gasteiger partial charge < -0.3 is 10.6 Å². The number of urea groups is 1. The van der Waals surface area contributed by atoms with E-state index in [0.717, 1.165) is 24.9 Å². The number of rotatable bonds is 4. The van der Waals surface area contributed by atoms with Gasteiger partial charge in [-0.15, -0.1) is 0 Å². The number of amides is 2. The number of carbonyl (C=O) groups excluding carboxylic acids is 1. The van der Waals surface area contributed by atoms with Crippen molar-refractivity contribution in [3.8, 4) is 0 Å². The average molecular weight is 288 g/mol. The molecule has 0 aromatic heterocycles. The Balaban J connectivity index is 2.05. The molecule has 1 aliphatic rings. The fraction of sp³-hybridized carbons (Fsp3) is 0.611. The van der Waals surface area contributed by atoms with Crippen molar-refractivity contribution in [2.75, 3.05) is 5.32 Å². The highest BCUT2D eigenvalue weighted by Gasteiger charge is 2.23. The van der Waals surface area contributed by atoms with Crippen LogP contribution in [0.25, 0.3) is 0 Å². The smallest absolute Gasteiger partial charge is 0.319 e. The Morgan fingerprint density at radius 2 is 1.76 bits per heavy atom. The molecule has 2 N–H and O–H groups in total. The standard InChI is InChI=1S/C18H28N2O/c1-4-14-10-8-11-15(5-2)17(14)20-18(21)19-16-12-7-6-9-13(16)3/h8,10-11,13,16H,4-7,9,12H2,1-3H3,(H2,19,20,21). The zero-order valence-electron chi connectivity index (χ0n) is 13.5. The Morgan fingerprint density at radius 3 is 2.33 bits per heavy atom. The molecule has 0 heterocycles. The second-order valence-corrected chi connectivity index (χ2v) is 6.13. The highest BCUT2D eigenvalue weighted by Crippen LogP contribution is 2.25. The minimum absolute atomic E-state index is 0.0515. The Bertz CT molecular complexity index is 462. The molecule has 2 atom stereocenters. The van der Waals surface area contributed by atoms with Crippen LogP contribution in [0, 0.1) is 5.92 Å². The number of anilines is 1. The second kappa shape index (κ2) is 7.48. The van der Waals surface area contributed by atoms with E-state index >= 15 is 0 Å². The largest absolute Gasteiger partial charge is 0.335 e. The van der Waals surface area contributed by atoms with Crippen LogP contribution in [0.1, 0.15) is 57.6 Å². The summed E-state index contributed by atoms with van der Waals surface area (Å²) in [5.74, 6) is 0.580. The van der Waals surface area contributed by atoms with Crippen LogP contribution in [-0.2, 0) is 12.8 Å². The predicted octanol–water partition coefficient (Wildman–Crippen LogP) is 4.51. The first-order chi connectivity index (χ1) is 10.2. The van der Waals surface area contributed by atoms with Crippen molar-refractivity contribution in [2.45, 2.75) is 65.3 Å². The van der Waals surface area contributed by atoms with Gasteiger partial charge in [0.15, 0.2) is 0 Å². The third-order valence-corrected chi connectivity index (χ3v) is 4.67. The molecule has 21 heavy (non-hydrogen) atoms. The Morgan fingerprint density at radius 1 is 1.14 bits per heavy atom. The van der Waals surface area contributed by atoms with E-state index in [0.29, 0.717) is 12.0 Å². The van der Waals surface area contributed by atoms with Crippen LogP contribution in [0.3, 0.4) is 0 Å². The summed E-state index contributed by atoms with van der Waals surface area (Å²) in [5.41, 5.74) is 3.42. The van der Waals surface area contributed by atoms with Crippen LogP contribution >= 0.6 is 0 Å². The van der Waals surface area contributed by atoms with E-state index in [1.54, 1.807) is 0 Å². The van der Waals surface area contributed by atoms with E-state index in [9.17, 15) is 4.79 Å². The van der Waals surface area contributed by atoms with Gasteiger partial charge in [-0.2, -0.15) is 0 Å². The zero-order valence-corrected chi connectivity index (χ0v) is 13.5. The maximum absolute atomic E-state index is 12.3. The number of aryl methyl sites for hydroxylation is 2. The maximum atomic E-state index is 12.3. The van der Waals surface area contributed by atoms with Crippen LogP contribution in [0.4, 0.5) is 10.5 Å². The lowest BCUT2D eigenvalue weighted by molar-refractivity contribution is 0.232. The number of carbonyl (C=O) groups is 1. The molecule has 2 amide bonds. The predicted molar refractivity (Wildman–Crippen MR) is 88.8 cm³/mol. The number of nitrogens with one attached hydrogen (secondary N) is 2. The highest BCUT2D eigenvalue weighted by atomic mass is 16.2. The first kappa shape index (κ1) is 15.9. The van der Waals surface area contributed by atoms with Gasteiger partial charge in [-0.05, 0) is 42.7 Å². The lowest BCUT2D eigenvalue weighted by atomic mass is 9.86. The third-order valence-electron chi connectivity index (χ3n) is 4.67. The summed E-state index contributed by atoms with van der Waals surface area (Å²) in [6, 6.07) is 6.53. The van der Waals surface area contributed by atoms with Crippen molar-refractivity contribution in [3.63, 3.8) is 0 Å². The van der Waals surface area contributed by atoms with Crippen LogP contribution in [0.2, 0.25) is 0 Å². The van der Waals surface area contributed by atoms with Crippen LogP contribution in [-0.4, -0.2) is 12.1 Å². The van der Waals surface area contributed by atoms with Gasteiger partial charge in [-0.1, -0.05) is 51.8 Å². The molecule has 0 saturated heterocycles. The number of hydrogen-bond donors (Lipinski definition) is 2. The fourth-order valence-electron chi connectivity index (χ4n) is 3.25. The Labute approximate surface area is 128 Å². The van der Waals surface area contributed by atoms with Gasteiger partial charge in [0, 0.05) is 11.7 Å². The van der Waals surface area contributed by atoms with E-state index < -0.39 is 0 Å². The molecule has 0 bridgehead atoms. The first-order valence-corrected chi connectivity index (χ1v) is 8.34. The molecule has 3 nitrogen and oxygen atoms in total. The molecule has 2 rings (SSSR count). The van der Waals surface area contributed by atoms with Gasteiger partial charge >= 0.3 is 6.03 Å². The topological polar surface area (TPSA) is 41.1 Å². The highest BCUT2D eigenvalue weighted by molar-refractivity contribution is 5.91. The van der Waals surface area contributed by atoms with E-state index in [2.05, 4.69) is 49.6 Å². The Kier molecular flexibility index (Phi) is 5.66. The van der Waals surface area contributed by atoms with E-state index in [4.69, 9.17) is 0 Å². The summed E-state index contributed by atoms with van der Waals surface area (Å²) in [7, 11) is 0. The minimum Gasteiger partial charge on any atom is -0.335 e. The summed E-state index contributed by atoms with van der Waals surface area (Å²) >= 11 is 0. The van der Waals surface area contributed by atoms with E-state index in [1.807, 2.05) is 0 Å². The molecule has 116 valence electrons. The molecule has 1 saturated carbocycles. The third kappa shape index (κ3) is 3.99. The van der Waals surface area contributed by atoms with Gasteiger partial charge in [-0.25, -0.2) is 4.79 Å². The van der Waals surface area contributed by atoms with Crippen molar-refractivity contribution in [3.05, 3.63) is 29.3 Å². The molecule has 0 radical (unpaired) electrons. The molecule has 2 unspecified atom stereocenters. The lowest BCUT2D eigenvalue weighted by Crippen LogP contribution is -2.43.